The maximum atomic E-state index is 13.5. The molecule has 1 aromatic carbocycles. The normalized spacial score (nSPS) is 18.1. The van der Waals surface area contributed by atoms with Gasteiger partial charge >= 0.3 is 0 Å². The van der Waals surface area contributed by atoms with E-state index in [1.807, 2.05) is 6.07 Å². The van der Waals surface area contributed by atoms with E-state index in [1.165, 1.54) is 25.0 Å². The zero-order valence-electron chi connectivity index (χ0n) is 18.4. The molecule has 1 amide bonds. The fraction of sp³-hybridized carbons (Fsp3) is 0.333. The zero-order chi connectivity index (χ0) is 22.9. The number of hydrogen-bond acceptors (Lipinski definition) is 6. The summed E-state index contributed by atoms with van der Waals surface area (Å²) in [5, 5.41) is 13.9. The molecule has 2 aliphatic rings. The van der Waals surface area contributed by atoms with Crippen LogP contribution in [0.15, 0.2) is 48.3 Å². The molecule has 5 rings (SSSR count). The van der Waals surface area contributed by atoms with Gasteiger partial charge in [-0.1, -0.05) is 18.7 Å². The summed E-state index contributed by atoms with van der Waals surface area (Å²) in [4.78, 5) is 21.5. The lowest BCUT2D eigenvalue weighted by atomic mass is 10.1. The van der Waals surface area contributed by atoms with Gasteiger partial charge in [-0.05, 0) is 55.9 Å². The van der Waals surface area contributed by atoms with E-state index in [0.29, 0.717) is 54.1 Å². The molecule has 33 heavy (non-hydrogen) atoms. The van der Waals surface area contributed by atoms with E-state index in [2.05, 4.69) is 39.5 Å². The highest BCUT2D eigenvalue weighted by Crippen LogP contribution is 2.33. The van der Waals surface area contributed by atoms with Crippen LogP contribution in [0, 0.1) is 11.7 Å². The number of benzene rings is 1. The maximum absolute atomic E-state index is 13.5. The number of nitrogens with zero attached hydrogens (tertiary/aromatic N) is 4. The standard InChI is InChI=1S/C24H26FN7O/c1-14-10-18(22(33)28-14)12-19-13-27-32-21(19)30-23(29-15(2)17-6-7-17)31-24(32)26-9-8-16-4-3-5-20(25)11-16/h3-5,11-13,15,17H,1,6-10H2,2H3,(H,28,33)(H2,26,29,30,31)/b18-12+/t15-/m1/s1. The SMILES string of the molecule is C=C1C/C(=C\c2cnn3c(NCCc4cccc(F)c4)nc(N[C@H](C)C4CC4)nc23)C(=O)N1. The van der Waals surface area contributed by atoms with Crippen molar-refractivity contribution in [1.29, 1.82) is 0 Å². The molecule has 0 radical (unpaired) electrons. The minimum atomic E-state index is -0.249. The number of halogens is 1. The molecule has 2 fully saturated rings. The van der Waals surface area contributed by atoms with Crippen LogP contribution in [0.3, 0.4) is 0 Å². The number of carbonyl (C=O) groups excluding carboxylic acids is 1. The maximum Gasteiger partial charge on any atom is 0.251 e. The van der Waals surface area contributed by atoms with Gasteiger partial charge in [-0.25, -0.2) is 4.39 Å². The molecular weight excluding hydrogens is 421 g/mol. The Morgan fingerprint density at radius 2 is 2.21 bits per heavy atom. The molecule has 3 aromatic rings. The highest BCUT2D eigenvalue weighted by atomic mass is 19.1. The van der Waals surface area contributed by atoms with Crippen LogP contribution in [0.1, 0.15) is 37.3 Å². The first-order valence-electron chi connectivity index (χ1n) is 11.2. The Morgan fingerprint density at radius 1 is 1.36 bits per heavy atom. The monoisotopic (exact) mass is 447 g/mol. The average molecular weight is 448 g/mol. The Kier molecular flexibility index (Phi) is 5.53. The number of aromatic nitrogens is 4. The zero-order valence-corrected chi connectivity index (χ0v) is 18.4. The summed E-state index contributed by atoms with van der Waals surface area (Å²) in [7, 11) is 0. The van der Waals surface area contributed by atoms with Crippen molar-refractivity contribution < 1.29 is 9.18 Å². The summed E-state index contributed by atoms with van der Waals surface area (Å²) < 4.78 is 15.1. The predicted molar refractivity (Wildman–Crippen MR) is 125 cm³/mol. The highest BCUT2D eigenvalue weighted by Gasteiger charge is 2.28. The third kappa shape index (κ3) is 4.72. The Hall–Kier alpha value is -3.75. The van der Waals surface area contributed by atoms with Gasteiger partial charge in [0.1, 0.15) is 5.82 Å². The fourth-order valence-corrected chi connectivity index (χ4v) is 4.00. The molecule has 1 saturated heterocycles. The van der Waals surface area contributed by atoms with Gasteiger partial charge in [0, 0.05) is 35.8 Å². The number of hydrogen-bond donors (Lipinski definition) is 3. The van der Waals surface area contributed by atoms with Gasteiger partial charge in [0.05, 0.1) is 6.20 Å². The molecule has 3 heterocycles. The number of carbonyl (C=O) groups is 1. The molecule has 1 saturated carbocycles. The lowest BCUT2D eigenvalue weighted by Gasteiger charge is -2.15. The number of anilines is 2. The number of amides is 1. The van der Waals surface area contributed by atoms with E-state index in [9.17, 15) is 9.18 Å². The fourth-order valence-electron chi connectivity index (χ4n) is 4.00. The van der Waals surface area contributed by atoms with Gasteiger partial charge in [-0.2, -0.15) is 19.6 Å². The molecular formula is C24H26FN7O. The van der Waals surface area contributed by atoms with Gasteiger partial charge in [-0.3, -0.25) is 4.79 Å². The minimum Gasteiger partial charge on any atom is -0.354 e. The van der Waals surface area contributed by atoms with Gasteiger partial charge in [0.25, 0.3) is 5.91 Å². The summed E-state index contributed by atoms with van der Waals surface area (Å²) in [6.07, 6.45) is 7.00. The van der Waals surface area contributed by atoms with Crippen LogP contribution in [-0.2, 0) is 11.2 Å². The molecule has 1 aliphatic carbocycles. The highest BCUT2D eigenvalue weighted by molar-refractivity contribution is 6.02. The van der Waals surface area contributed by atoms with Gasteiger partial charge in [-0.15, -0.1) is 0 Å². The second-order valence-electron chi connectivity index (χ2n) is 8.69. The van der Waals surface area contributed by atoms with Crippen LogP contribution in [0.2, 0.25) is 0 Å². The summed E-state index contributed by atoms with van der Waals surface area (Å²) in [6, 6.07) is 6.82. The van der Waals surface area contributed by atoms with Crippen LogP contribution in [0.25, 0.3) is 11.7 Å². The third-order valence-electron chi connectivity index (χ3n) is 5.98. The summed E-state index contributed by atoms with van der Waals surface area (Å²) in [5.41, 5.74) is 3.52. The van der Waals surface area contributed by atoms with Crippen molar-refractivity contribution in [3.8, 4) is 0 Å². The van der Waals surface area contributed by atoms with Crippen molar-refractivity contribution in [3.63, 3.8) is 0 Å². The second-order valence-corrected chi connectivity index (χ2v) is 8.69. The number of rotatable bonds is 8. The summed E-state index contributed by atoms with van der Waals surface area (Å²) >= 11 is 0. The van der Waals surface area contributed by atoms with Gasteiger partial charge < -0.3 is 16.0 Å². The van der Waals surface area contributed by atoms with E-state index in [0.717, 1.165) is 11.1 Å². The van der Waals surface area contributed by atoms with Crippen LogP contribution in [0.5, 0.6) is 0 Å². The topological polar surface area (TPSA) is 96.2 Å². The molecule has 2 aromatic heterocycles. The number of fused-ring (bicyclic) bond motifs is 1. The van der Waals surface area contributed by atoms with Crippen molar-refractivity contribution in [2.24, 2.45) is 5.92 Å². The van der Waals surface area contributed by atoms with Crippen molar-refractivity contribution >= 4 is 29.5 Å². The van der Waals surface area contributed by atoms with Crippen LogP contribution >= 0.6 is 0 Å². The minimum absolute atomic E-state index is 0.150. The molecule has 0 bridgehead atoms. The third-order valence-corrected chi connectivity index (χ3v) is 5.98. The lowest BCUT2D eigenvalue weighted by molar-refractivity contribution is -0.115. The Balaban J connectivity index is 1.44. The molecule has 1 atom stereocenters. The molecule has 0 spiro atoms. The Morgan fingerprint density at radius 3 is 2.94 bits per heavy atom. The number of allylic oxidation sites excluding steroid dienone is 1. The molecule has 1 aliphatic heterocycles. The van der Waals surface area contributed by atoms with E-state index in [-0.39, 0.29) is 17.8 Å². The van der Waals surface area contributed by atoms with E-state index in [1.54, 1.807) is 22.9 Å². The quantitative estimate of drug-likeness (QED) is 0.457. The van der Waals surface area contributed by atoms with E-state index < -0.39 is 0 Å². The van der Waals surface area contributed by atoms with Crippen LogP contribution < -0.4 is 16.0 Å². The Bertz CT molecular complexity index is 1260. The first-order valence-corrected chi connectivity index (χ1v) is 11.2. The first-order chi connectivity index (χ1) is 16.0. The largest absolute Gasteiger partial charge is 0.354 e. The van der Waals surface area contributed by atoms with Crippen molar-refractivity contribution in [1.82, 2.24) is 24.9 Å². The van der Waals surface area contributed by atoms with E-state index in [4.69, 9.17) is 4.98 Å². The molecule has 8 nitrogen and oxygen atoms in total. The smallest absolute Gasteiger partial charge is 0.251 e. The first kappa shape index (κ1) is 21.1. The molecule has 0 unspecified atom stereocenters. The predicted octanol–water partition coefficient (Wildman–Crippen LogP) is 3.55. The second kappa shape index (κ2) is 8.65. The Labute approximate surface area is 191 Å². The van der Waals surface area contributed by atoms with E-state index >= 15 is 0 Å². The van der Waals surface area contributed by atoms with Crippen molar-refractivity contribution in [2.45, 2.75) is 38.6 Å². The average Bonchev–Trinajstić information content (AvgIpc) is 3.48. The summed E-state index contributed by atoms with van der Waals surface area (Å²) in [6.45, 7) is 6.51. The van der Waals surface area contributed by atoms with Gasteiger partial charge in [0.15, 0.2) is 5.65 Å². The molecule has 9 heteroatoms. The summed E-state index contributed by atoms with van der Waals surface area (Å²) in [5.74, 6) is 1.28. The molecule has 170 valence electrons. The molecule has 3 N–H and O–H groups in total. The van der Waals surface area contributed by atoms with Crippen molar-refractivity contribution in [2.75, 3.05) is 17.2 Å². The van der Waals surface area contributed by atoms with Crippen molar-refractivity contribution in [3.05, 3.63) is 65.3 Å². The number of nitrogens with one attached hydrogen (secondary N) is 3. The van der Waals surface area contributed by atoms with Gasteiger partial charge in [0.2, 0.25) is 11.9 Å². The lowest BCUT2D eigenvalue weighted by Crippen LogP contribution is -2.21. The van der Waals surface area contributed by atoms with Crippen LogP contribution in [0.4, 0.5) is 16.3 Å². The van der Waals surface area contributed by atoms with Crippen LogP contribution in [-0.4, -0.2) is 38.1 Å².